The monoisotopic (exact) mass is 330 g/mol. The van der Waals surface area contributed by atoms with Gasteiger partial charge in [0.25, 0.3) is 5.91 Å². The van der Waals surface area contributed by atoms with Crippen LogP contribution in [-0.2, 0) is 0 Å². The normalized spacial score (nSPS) is 16.9. The summed E-state index contributed by atoms with van der Waals surface area (Å²) in [6.45, 7) is 1.20. The maximum Gasteiger partial charge on any atom is 0.274 e. The van der Waals surface area contributed by atoms with E-state index in [-0.39, 0.29) is 12.5 Å². The quantitative estimate of drug-likeness (QED) is 0.865. The van der Waals surface area contributed by atoms with Crippen LogP contribution in [0, 0.1) is 0 Å². The fourth-order valence-corrected chi connectivity index (χ4v) is 2.81. The highest BCUT2D eigenvalue weighted by molar-refractivity contribution is 5.92. The summed E-state index contributed by atoms with van der Waals surface area (Å²) in [6.07, 6.45) is 2.75. The van der Waals surface area contributed by atoms with Gasteiger partial charge >= 0.3 is 0 Å². The number of nitrogens with zero attached hydrogens (tertiary/aromatic N) is 3. The van der Waals surface area contributed by atoms with E-state index in [2.05, 4.69) is 5.10 Å². The summed E-state index contributed by atoms with van der Waals surface area (Å²) in [5, 5.41) is 14.5. The van der Waals surface area contributed by atoms with Crippen molar-refractivity contribution in [3.8, 4) is 11.4 Å². The van der Waals surface area contributed by atoms with Gasteiger partial charge in [-0.05, 0) is 43.2 Å². The van der Waals surface area contributed by atoms with Gasteiger partial charge in [-0.15, -0.1) is 0 Å². The zero-order valence-corrected chi connectivity index (χ0v) is 13.7. The minimum Gasteiger partial charge on any atom is -0.497 e. The molecule has 1 aliphatic heterocycles. The molecule has 7 heteroatoms. The van der Waals surface area contributed by atoms with Crippen LogP contribution in [0.25, 0.3) is 5.69 Å². The van der Waals surface area contributed by atoms with Crippen LogP contribution in [0.1, 0.15) is 23.3 Å². The lowest BCUT2D eigenvalue weighted by atomic mass is 9.91. The van der Waals surface area contributed by atoms with E-state index in [1.54, 1.807) is 29.0 Å². The zero-order chi connectivity index (χ0) is 17.2. The number of carbonyl (C=O) groups is 1. The van der Waals surface area contributed by atoms with E-state index >= 15 is 0 Å². The summed E-state index contributed by atoms with van der Waals surface area (Å²) in [4.78, 5) is 14.3. The highest BCUT2D eigenvalue weighted by atomic mass is 16.5. The fourth-order valence-electron chi connectivity index (χ4n) is 2.81. The maximum atomic E-state index is 12.6. The van der Waals surface area contributed by atoms with Crippen LogP contribution in [-0.4, -0.2) is 58.0 Å². The second kappa shape index (κ2) is 6.62. The van der Waals surface area contributed by atoms with Gasteiger partial charge in [0, 0.05) is 25.8 Å². The molecule has 1 saturated heterocycles. The van der Waals surface area contributed by atoms with Crippen molar-refractivity contribution in [2.75, 3.05) is 26.7 Å². The summed E-state index contributed by atoms with van der Waals surface area (Å²) in [6, 6.07) is 9.15. The summed E-state index contributed by atoms with van der Waals surface area (Å²) < 4.78 is 6.79. The molecule has 0 unspecified atom stereocenters. The molecule has 1 fully saturated rings. The SMILES string of the molecule is COc1ccc(-n2ccc(C(=O)N3CCC(O)(CN)CC3)n2)cc1. The second-order valence-electron chi connectivity index (χ2n) is 6.06. The molecule has 24 heavy (non-hydrogen) atoms. The number of likely N-dealkylation sites (tertiary alicyclic amines) is 1. The van der Waals surface area contributed by atoms with E-state index in [0.717, 1.165) is 11.4 Å². The van der Waals surface area contributed by atoms with Crippen molar-refractivity contribution in [2.24, 2.45) is 5.73 Å². The Bertz CT molecular complexity index is 703. The predicted octanol–water partition coefficient (Wildman–Crippen LogP) is 0.807. The van der Waals surface area contributed by atoms with Crippen LogP contribution < -0.4 is 10.5 Å². The van der Waals surface area contributed by atoms with Crippen molar-refractivity contribution in [2.45, 2.75) is 18.4 Å². The van der Waals surface area contributed by atoms with Crippen LogP contribution in [0.2, 0.25) is 0 Å². The molecule has 1 aliphatic rings. The Morgan fingerprint density at radius 2 is 1.96 bits per heavy atom. The Morgan fingerprint density at radius 1 is 1.29 bits per heavy atom. The number of methoxy groups -OCH3 is 1. The Morgan fingerprint density at radius 3 is 2.54 bits per heavy atom. The first-order valence-electron chi connectivity index (χ1n) is 7.96. The van der Waals surface area contributed by atoms with Crippen LogP contribution in [0.4, 0.5) is 0 Å². The molecule has 0 radical (unpaired) electrons. The standard InChI is InChI=1S/C17H22N4O3/c1-24-14-4-2-13(3-5-14)21-9-6-15(19-21)16(22)20-10-7-17(23,12-18)8-11-20/h2-6,9,23H,7-8,10-12,18H2,1H3. The number of aliphatic hydroxyl groups is 1. The number of nitrogens with two attached hydrogens (primary N) is 1. The van der Waals surface area contributed by atoms with Gasteiger partial charge in [0.2, 0.25) is 0 Å². The largest absolute Gasteiger partial charge is 0.497 e. The Kier molecular flexibility index (Phi) is 4.55. The van der Waals surface area contributed by atoms with Crippen molar-refractivity contribution in [1.82, 2.24) is 14.7 Å². The molecule has 7 nitrogen and oxygen atoms in total. The number of benzene rings is 1. The number of amides is 1. The predicted molar refractivity (Wildman–Crippen MR) is 89.3 cm³/mol. The zero-order valence-electron chi connectivity index (χ0n) is 13.7. The highest BCUT2D eigenvalue weighted by Gasteiger charge is 2.33. The molecule has 1 aromatic heterocycles. The van der Waals surface area contributed by atoms with Crippen LogP contribution in [0.3, 0.4) is 0 Å². The third-order valence-corrected chi connectivity index (χ3v) is 4.51. The molecule has 2 aromatic rings. The summed E-state index contributed by atoms with van der Waals surface area (Å²) in [5.41, 5.74) is 5.98. The molecule has 3 rings (SSSR count). The molecular formula is C17H22N4O3. The average Bonchev–Trinajstić information content (AvgIpc) is 3.12. The lowest BCUT2D eigenvalue weighted by Gasteiger charge is -2.37. The van der Waals surface area contributed by atoms with Gasteiger partial charge in [0.15, 0.2) is 5.69 Å². The summed E-state index contributed by atoms with van der Waals surface area (Å²) in [5.74, 6) is 0.643. The van der Waals surface area contributed by atoms with Crippen molar-refractivity contribution >= 4 is 5.91 Å². The maximum absolute atomic E-state index is 12.6. The van der Waals surface area contributed by atoms with E-state index in [0.29, 0.717) is 31.6 Å². The third kappa shape index (κ3) is 3.27. The molecule has 2 heterocycles. The number of hydrogen-bond acceptors (Lipinski definition) is 5. The molecule has 0 bridgehead atoms. The minimum absolute atomic E-state index is 0.124. The van der Waals surface area contributed by atoms with Gasteiger partial charge in [0.1, 0.15) is 5.75 Å². The lowest BCUT2D eigenvalue weighted by molar-refractivity contribution is -0.00967. The number of carbonyl (C=O) groups excluding carboxylic acids is 1. The first-order valence-corrected chi connectivity index (χ1v) is 7.96. The van der Waals surface area contributed by atoms with Crippen LogP contribution >= 0.6 is 0 Å². The van der Waals surface area contributed by atoms with E-state index in [4.69, 9.17) is 10.5 Å². The lowest BCUT2D eigenvalue weighted by Crippen LogP contribution is -2.50. The van der Waals surface area contributed by atoms with Crippen LogP contribution in [0.5, 0.6) is 5.75 Å². The summed E-state index contributed by atoms with van der Waals surface area (Å²) >= 11 is 0. The fraction of sp³-hybridized carbons (Fsp3) is 0.412. The number of rotatable bonds is 4. The molecule has 3 N–H and O–H groups in total. The number of hydrogen-bond donors (Lipinski definition) is 2. The molecule has 0 aliphatic carbocycles. The van der Waals surface area contributed by atoms with Crippen molar-refractivity contribution in [3.63, 3.8) is 0 Å². The van der Waals surface area contributed by atoms with Gasteiger partial charge < -0.3 is 20.5 Å². The second-order valence-corrected chi connectivity index (χ2v) is 6.06. The molecule has 0 saturated carbocycles. The van der Waals surface area contributed by atoms with E-state index in [9.17, 15) is 9.90 Å². The first-order chi connectivity index (χ1) is 11.5. The Balaban J connectivity index is 1.70. The topological polar surface area (TPSA) is 93.6 Å². The average molecular weight is 330 g/mol. The number of ether oxygens (including phenoxy) is 1. The van der Waals surface area contributed by atoms with Crippen LogP contribution in [0.15, 0.2) is 36.5 Å². The van der Waals surface area contributed by atoms with Gasteiger partial charge in [-0.2, -0.15) is 5.10 Å². The van der Waals surface area contributed by atoms with Crippen molar-refractivity contribution < 1.29 is 14.6 Å². The molecule has 0 atom stereocenters. The molecule has 1 aromatic carbocycles. The summed E-state index contributed by atoms with van der Waals surface area (Å²) in [7, 11) is 1.62. The minimum atomic E-state index is -0.848. The Hall–Kier alpha value is -2.38. The number of aromatic nitrogens is 2. The molecular weight excluding hydrogens is 308 g/mol. The molecule has 128 valence electrons. The Labute approximate surface area is 140 Å². The van der Waals surface area contributed by atoms with Gasteiger partial charge in [-0.1, -0.05) is 0 Å². The van der Waals surface area contributed by atoms with Crippen molar-refractivity contribution in [3.05, 3.63) is 42.2 Å². The number of piperidine rings is 1. The molecule has 0 spiro atoms. The highest BCUT2D eigenvalue weighted by Crippen LogP contribution is 2.22. The molecule has 1 amide bonds. The van der Waals surface area contributed by atoms with Gasteiger partial charge in [0.05, 0.1) is 18.4 Å². The van der Waals surface area contributed by atoms with Crippen molar-refractivity contribution in [1.29, 1.82) is 0 Å². The van der Waals surface area contributed by atoms with Gasteiger partial charge in [-0.25, -0.2) is 4.68 Å². The van der Waals surface area contributed by atoms with E-state index in [1.165, 1.54) is 0 Å². The third-order valence-electron chi connectivity index (χ3n) is 4.51. The first kappa shape index (κ1) is 16.5. The van der Waals surface area contributed by atoms with E-state index in [1.807, 2.05) is 24.3 Å². The van der Waals surface area contributed by atoms with E-state index < -0.39 is 5.60 Å². The van der Waals surface area contributed by atoms with Gasteiger partial charge in [-0.3, -0.25) is 4.79 Å². The smallest absolute Gasteiger partial charge is 0.274 e.